The van der Waals surface area contributed by atoms with Gasteiger partial charge in [-0.05, 0) is 50.3 Å². The van der Waals surface area contributed by atoms with E-state index in [2.05, 4.69) is 26.7 Å². The number of nitrogens with zero attached hydrogens (tertiary/aromatic N) is 4. The van der Waals surface area contributed by atoms with E-state index in [0.29, 0.717) is 43.3 Å². The number of fused-ring (bicyclic) bond motifs is 1. The summed E-state index contributed by atoms with van der Waals surface area (Å²) < 4.78 is 11.1. The fourth-order valence-electron chi connectivity index (χ4n) is 3.78. The van der Waals surface area contributed by atoms with Crippen LogP contribution in [0.15, 0.2) is 64.4 Å². The monoisotopic (exact) mass is 448 g/mol. The van der Waals surface area contributed by atoms with Crippen LogP contribution in [0.25, 0.3) is 16.6 Å². The fraction of sp³-hybridized carbons (Fsp3) is 0.292. The van der Waals surface area contributed by atoms with Crippen molar-refractivity contribution in [1.82, 2.24) is 20.0 Å². The Morgan fingerprint density at radius 2 is 2.03 bits per heavy atom. The summed E-state index contributed by atoms with van der Waals surface area (Å²) in [6, 6.07) is 9.17. The Balaban J connectivity index is 1.51. The second-order valence-electron chi connectivity index (χ2n) is 8.00. The van der Waals surface area contributed by atoms with Crippen molar-refractivity contribution in [3.05, 3.63) is 66.4 Å². The number of hydrogen-bond donors (Lipinski definition) is 2. The summed E-state index contributed by atoms with van der Waals surface area (Å²) in [5.74, 6) is 1.01. The van der Waals surface area contributed by atoms with Gasteiger partial charge in [-0.1, -0.05) is 6.58 Å². The molecule has 1 amide bonds. The SMILES string of the molecule is C=C(/C=C(\N=CN)c1n[nH]c2ccc(OC(C)C)cc12)N1CCN(C(=O)c2ccco2)CC1. The van der Waals surface area contributed by atoms with Crippen molar-refractivity contribution in [2.24, 2.45) is 10.7 Å². The summed E-state index contributed by atoms with van der Waals surface area (Å²) in [7, 11) is 0. The lowest BCUT2D eigenvalue weighted by Crippen LogP contribution is -2.47. The molecule has 1 fully saturated rings. The number of carbonyl (C=O) groups excluding carboxylic acids is 1. The zero-order valence-corrected chi connectivity index (χ0v) is 18.8. The molecule has 0 aliphatic carbocycles. The third-order valence-electron chi connectivity index (χ3n) is 5.37. The highest BCUT2D eigenvalue weighted by Gasteiger charge is 2.24. The van der Waals surface area contributed by atoms with Gasteiger partial charge in [0.2, 0.25) is 0 Å². The average Bonchev–Trinajstić information content (AvgIpc) is 3.48. The van der Waals surface area contributed by atoms with Crippen molar-refractivity contribution >= 4 is 28.8 Å². The van der Waals surface area contributed by atoms with Gasteiger partial charge in [-0.2, -0.15) is 5.10 Å². The Morgan fingerprint density at radius 3 is 2.70 bits per heavy atom. The lowest BCUT2D eigenvalue weighted by molar-refractivity contribution is 0.0641. The van der Waals surface area contributed by atoms with E-state index in [0.717, 1.165) is 22.3 Å². The van der Waals surface area contributed by atoms with E-state index in [9.17, 15) is 4.79 Å². The first-order valence-electron chi connectivity index (χ1n) is 10.8. The highest BCUT2D eigenvalue weighted by molar-refractivity contribution is 5.93. The number of furan rings is 1. The van der Waals surface area contributed by atoms with Gasteiger partial charge in [0.1, 0.15) is 11.4 Å². The molecule has 0 radical (unpaired) electrons. The summed E-state index contributed by atoms with van der Waals surface area (Å²) in [6.45, 7) is 10.6. The molecule has 0 spiro atoms. The first kappa shape index (κ1) is 22.2. The number of benzene rings is 1. The van der Waals surface area contributed by atoms with E-state index < -0.39 is 0 Å². The number of ether oxygens (including phenoxy) is 1. The van der Waals surface area contributed by atoms with Crippen molar-refractivity contribution in [3.8, 4) is 5.75 Å². The maximum Gasteiger partial charge on any atom is 0.289 e. The third-order valence-corrected chi connectivity index (χ3v) is 5.37. The Hall–Kier alpha value is -4.01. The van der Waals surface area contributed by atoms with Crippen LogP contribution in [0.1, 0.15) is 30.1 Å². The van der Waals surface area contributed by atoms with E-state index >= 15 is 0 Å². The lowest BCUT2D eigenvalue weighted by Gasteiger charge is -2.36. The van der Waals surface area contributed by atoms with E-state index in [4.69, 9.17) is 14.9 Å². The molecular weight excluding hydrogens is 420 g/mol. The van der Waals surface area contributed by atoms with Crippen LogP contribution in [0.5, 0.6) is 5.75 Å². The van der Waals surface area contributed by atoms with Crippen molar-refractivity contribution in [1.29, 1.82) is 0 Å². The molecule has 0 atom stereocenters. The number of H-pyrrole nitrogens is 1. The molecule has 0 unspecified atom stereocenters. The van der Waals surface area contributed by atoms with Crippen LogP contribution < -0.4 is 10.5 Å². The van der Waals surface area contributed by atoms with Crippen LogP contribution in [0.4, 0.5) is 0 Å². The van der Waals surface area contributed by atoms with Crippen LogP contribution >= 0.6 is 0 Å². The molecule has 9 nitrogen and oxygen atoms in total. The number of carbonyl (C=O) groups is 1. The third kappa shape index (κ3) is 4.92. The second-order valence-corrected chi connectivity index (χ2v) is 8.00. The number of nitrogens with two attached hydrogens (primary N) is 1. The van der Waals surface area contributed by atoms with Crippen molar-refractivity contribution in [3.63, 3.8) is 0 Å². The first-order chi connectivity index (χ1) is 16.0. The van der Waals surface area contributed by atoms with E-state index in [1.54, 1.807) is 17.0 Å². The summed E-state index contributed by atoms with van der Waals surface area (Å²) in [6.07, 6.45) is 4.67. The zero-order valence-electron chi connectivity index (χ0n) is 18.8. The summed E-state index contributed by atoms with van der Waals surface area (Å²) in [4.78, 5) is 20.7. The molecule has 1 saturated heterocycles. The molecule has 3 heterocycles. The molecule has 4 rings (SSSR count). The number of allylic oxidation sites excluding steroid dienone is 1. The van der Waals surface area contributed by atoms with E-state index in [1.165, 1.54) is 12.6 Å². The van der Waals surface area contributed by atoms with Crippen LogP contribution in [0, 0.1) is 0 Å². The number of hydrogen-bond acceptors (Lipinski definition) is 6. The number of amides is 1. The summed E-state index contributed by atoms with van der Waals surface area (Å²) in [5.41, 5.74) is 8.52. The van der Waals surface area contributed by atoms with Gasteiger partial charge < -0.3 is 24.7 Å². The molecule has 2 aromatic heterocycles. The number of piperazine rings is 1. The van der Waals surface area contributed by atoms with Crippen molar-refractivity contribution < 1.29 is 13.9 Å². The minimum Gasteiger partial charge on any atom is -0.491 e. The topological polar surface area (TPSA) is 113 Å². The van der Waals surface area contributed by atoms with Crippen molar-refractivity contribution in [2.45, 2.75) is 20.0 Å². The molecule has 9 heteroatoms. The van der Waals surface area contributed by atoms with Gasteiger partial charge in [-0.15, -0.1) is 0 Å². The average molecular weight is 449 g/mol. The van der Waals surface area contributed by atoms with E-state index in [-0.39, 0.29) is 12.0 Å². The predicted octanol–water partition coefficient (Wildman–Crippen LogP) is 3.24. The normalized spacial score (nSPS) is 15.1. The quantitative estimate of drug-likeness (QED) is 0.326. The number of nitrogens with one attached hydrogen (secondary N) is 1. The Morgan fingerprint density at radius 1 is 1.27 bits per heavy atom. The molecule has 1 aromatic carbocycles. The lowest BCUT2D eigenvalue weighted by atomic mass is 10.1. The molecule has 0 bridgehead atoms. The van der Waals surface area contributed by atoms with Crippen molar-refractivity contribution in [2.75, 3.05) is 26.2 Å². The first-order valence-corrected chi connectivity index (χ1v) is 10.8. The fourth-order valence-corrected chi connectivity index (χ4v) is 3.78. The van der Waals surface area contributed by atoms with Gasteiger partial charge in [0.25, 0.3) is 5.91 Å². The maximum atomic E-state index is 12.5. The maximum absolute atomic E-state index is 12.5. The summed E-state index contributed by atoms with van der Waals surface area (Å²) in [5, 5.41) is 8.37. The minimum absolute atomic E-state index is 0.0630. The predicted molar refractivity (Wildman–Crippen MR) is 128 cm³/mol. The largest absolute Gasteiger partial charge is 0.491 e. The van der Waals surface area contributed by atoms with Crippen LogP contribution in [0.2, 0.25) is 0 Å². The standard InChI is InChI=1S/C24H28N6O3/c1-16(2)33-18-6-7-20-19(14-18)23(28-27-20)21(26-15-25)13-17(3)29-8-10-30(11-9-29)24(31)22-5-4-12-32-22/h4-7,12-16H,3,8-11H2,1-2H3,(H2,25,26)(H,27,28)/b21-13-. The smallest absolute Gasteiger partial charge is 0.289 e. The van der Waals surface area contributed by atoms with Crippen LogP contribution in [0.3, 0.4) is 0 Å². The molecule has 1 aliphatic heterocycles. The number of aliphatic imine (C=N–C) groups is 1. The van der Waals surface area contributed by atoms with Crippen LogP contribution in [-0.4, -0.2) is 64.5 Å². The Kier molecular flexibility index (Phi) is 6.48. The number of rotatable bonds is 7. The van der Waals surface area contributed by atoms with Gasteiger partial charge in [0.15, 0.2) is 5.76 Å². The van der Waals surface area contributed by atoms with Crippen LogP contribution in [-0.2, 0) is 0 Å². The number of aromatic amines is 1. The minimum atomic E-state index is -0.100. The van der Waals surface area contributed by atoms with Gasteiger partial charge in [-0.3, -0.25) is 9.89 Å². The summed E-state index contributed by atoms with van der Waals surface area (Å²) >= 11 is 0. The highest BCUT2D eigenvalue weighted by Crippen LogP contribution is 2.29. The molecule has 1 aliphatic rings. The molecule has 3 N–H and O–H groups in total. The Labute approximate surface area is 192 Å². The zero-order chi connectivity index (χ0) is 23.4. The van der Waals surface area contributed by atoms with E-state index in [1.807, 2.05) is 38.1 Å². The van der Waals surface area contributed by atoms with Gasteiger partial charge >= 0.3 is 0 Å². The van der Waals surface area contributed by atoms with Gasteiger partial charge in [0, 0.05) is 37.3 Å². The van der Waals surface area contributed by atoms with Gasteiger partial charge in [0.05, 0.1) is 29.9 Å². The highest BCUT2D eigenvalue weighted by atomic mass is 16.5. The number of aromatic nitrogens is 2. The molecule has 172 valence electrons. The molecular formula is C24H28N6O3. The van der Waals surface area contributed by atoms with Gasteiger partial charge in [-0.25, -0.2) is 4.99 Å². The Bertz CT molecular complexity index is 1180. The molecule has 33 heavy (non-hydrogen) atoms. The molecule has 0 saturated carbocycles. The molecule has 3 aromatic rings. The second kappa shape index (κ2) is 9.64.